The molecule has 2 unspecified atom stereocenters. The van der Waals surface area contributed by atoms with Crippen LogP contribution in [0.5, 0.6) is 5.75 Å². The Hall–Kier alpha value is -0.610. The minimum absolute atomic E-state index is 0.104. The maximum atomic E-state index is 13.2. The molecule has 2 atom stereocenters. The van der Waals surface area contributed by atoms with Gasteiger partial charge in [0.15, 0.2) is 0 Å². The summed E-state index contributed by atoms with van der Waals surface area (Å²) in [4.78, 5) is 0. The second-order valence-electron chi connectivity index (χ2n) is 5.37. The molecule has 0 bridgehead atoms. The van der Waals surface area contributed by atoms with Gasteiger partial charge in [-0.15, -0.1) is 0 Å². The summed E-state index contributed by atoms with van der Waals surface area (Å²) >= 11 is 3.24. The van der Waals surface area contributed by atoms with Crippen LogP contribution >= 0.6 is 15.9 Å². The third kappa shape index (κ3) is 4.28. The van der Waals surface area contributed by atoms with E-state index < -0.39 is 0 Å². The number of ether oxygens (including phenoxy) is 1. The fourth-order valence-electron chi connectivity index (χ4n) is 1.82. The molecule has 1 aromatic carbocycles. The first kappa shape index (κ1) is 14.5. The number of halogens is 2. The second kappa shape index (κ2) is 5.36. The predicted octanol–water partition coefficient (Wildman–Crippen LogP) is 3.73. The van der Waals surface area contributed by atoms with E-state index in [2.05, 4.69) is 36.7 Å². The molecule has 0 radical (unpaired) electrons. The number of nitrogens with two attached hydrogens (primary N) is 1. The van der Waals surface area contributed by atoms with Crippen molar-refractivity contribution in [2.45, 2.75) is 39.8 Å². The largest absolute Gasteiger partial charge is 0.488 e. The molecule has 1 rings (SSSR count). The molecule has 0 aromatic heterocycles. The molecule has 0 saturated heterocycles. The van der Waals surface area contributed by atoms with Crippen molar-refractivity contribution in [3.05, 3.63) is 28.5 Å². The fraction of sp³-hybridized carbons (Fsp3) is 0.538. The van der Waals surface area contributed by atoms with Crippen LogP contribution in [0.1, 0.15) is 27.7 Å². The Kier molecular flexibility index (Phi) is 4.55. The molecule has 0 heterocycles. The smallest absolute Gasteiger partial charge is 0.128 e. The molecule has 0 aliphatic heterocycles. The van der Waals surface area contributed by atoms with Gasteiger partial charge in [0.05, 0.1) is 0 Å². The summed E-state index contributed by atoms with van der Waals surface area (Å²) in [5, 5.41) is 0. The van der Waals surface area contributed by atoms with Crippen molar-refractivity contribution in [1.82, 2.24) is 0 Å². The number of hydrogen-bond donors (Lipinski definition) is 1. The topological polar surface area (TPSA) is 35.2 Å². The highest BCUT2D eigenvalue weighted by Gasteiger charge is 2.30. The zero-order valence-electron chi connectivity index (χ0n) is 10.6. The van der Waals surface area contributed by atoms with Crippen LogP contribution in [-0.2, 0) is 0 Å². The third-order valence-corrected chi connectivity index (χ3v) is 2.89. The van der Waals surface area contributed by atoms with Crippen LogP contribution in [0, 0.1) is 11.2 Å². The Morgan fingerprint density at radius 3 is 2.29 bits per heavy atom. The van der Waals surface area contributed by atoms with Crippen molar-refractivity contribution in [3.63, 3.8) is 0 Å². The van der Waals surface area contributed by atoms with Crippen LogP contribution < -0.4 is 10.5 Å². The zero-order valence-corrected chi connectivity index (χ0v) is 12.2. The summed E-state index contributed by atoms with van der Waals surface area (Å²) in [6, 6.07) is 4.37. The molecule has 2 nitrogen and oxygen atoms in total. The Balaban J connectivity index is 2.94. The lowest BCUT2D eigenvalue weighted by Crippen LogP contribution is -2.45. The van der Waals surface area contributed by atoms with Crippen LogP contribution in [0.2, 0.25) is 0 Å². The number of hydrogen-bond acceptors (Lipinski definition) is 2. The Morgan fingerprint density at radius 1 is 1.29 bits per heavy atom. The van der Waals surface area contributed by atoms with E-state index in [1.165, 1.54) is 12.1 Å². The van der Waals surface area contributed by atoms with Crippen molar-refractivity contribution in [2.75, 3.05) is 0 Å². The molecule has 0 amide bonds. The molecular weight excluding hydrogens is 285 g/mol. The standard InChI is InChI=1S/C13H19BrFNO/c1-8(16)12(13(2,3)4)17-11-6-9(14)5-10(15)7-11/h5-8,12H,16H2,1-4H3. The Bertz CT molecular complexity index is 367. The van der Waals surface area contributed by atoms with E-state index in [0.717, 1.165) is 0 Å². The SMILES string of the molecule is CC(N)C(Oc1cc(F)cc(Br)c1)C(C)(C)C. The first-order valence-electron chi connectivity index (χ1n) is 5.58. The van der Waals surface area contributed by atoms with Gasteiger partial charge in [-0.25, -0.2) is 4.39 Å². The number of benzene rings is 1. The highest BCUT2D eigenvalue weighted by atomic mass is 79.9. The van der Waals surface area contributed by atoms with Crippen LogP contribution in [0.4, 0.5) is 4.39 Å². The van der Waals surface area contributed by atoms with Crippen molar-refractivity contribution in [1.29, 1.82) is 0 Å². The fourth-order valence-corrected chi connectivity index (χ4v) is 2.26. The Morgan fingerprint density at radius 2 is 1.88 bits per heavy atom. The lowest BCUT2D eigenvalue weighted by molar-refractivity contribution is 0.0681. The van der Waals surface area contributed by atoms with E-state index in [9.17, 15) is 4.39 Å². The Labute approximate surface area is 110 Å². The third-order valence-electron chi connectivity index (χ3n) is 2.43. The highest BCUT2D eigenvalue weighted by molar-refractivity contribution is 9.10. The minimum Gasteiger partial charge on any atom is -0.488 e. The van der Waals surface area contributed by atoms with Crippen molar-refractivity contribution in [3.8, 4) is 5.75 Å². The minimum atomic E-state index is -0.327. The van der Waals surface area contributed by atoms with Gasteiger partial charge in [-0.05, 0) is 19.1 Å². The van der Waals surface area contributed by atoms with Gasteiger partial charge in [0.25, 0.3) is 0 Å². The molecule has 0 spiro atoms. The van der Waals surface area contributed by atoms with Crippen LogP contribution in [0.15, 0.2) is 22.7 Å². The lowest BCUT2D eigenvalue weighted by atomic mass is 9.85. The summed E-state index contributed by atoms with van der Waals surface area (Å²) in [7, 11) is 0. The molecule has 0 aliphatic rings. The van der Waals surface area contributed by atoms with E-state index in [1.54, 1.807) is 6.07 Å². The van der Waals surface area contributed by atoms with E-state index in [0.29, 0.717) is 10.2 Å². The predicted molar refractivity (Wildman–Crippen MR) is 71.6 cm³/mol. The van der Waals surface area contributed by atoms with Crippen molar-refractivity contribution in [2.24, 2.45) is 11.1 Å². The summed E-state index contributed by atoms with van der Waals surface area (Å²) in [6.45, 7) is 8.05. The molecule has 0 aliphatic carbocycles. The van der Waals surface area contributed by atoms with E-state index in [4.69, 9.17) is 10.5 Å². The normalized spacial score (nSPS) is 15.5. The maximum Gasteiger partial charge on any atom is 0.128 e. The van der Waals surface area contributed by atoms with Crippen LogP contribution in [0.3, 0.4) is 0 Å². The maximum absolute atomic E-state index is 13.2. The molecule has 96 valence electrons. The monoisotopic (exact) mass is 303 g/mol. The van der Waals surface area contributed by atoms with Gasteiger partial charge in [0.1, 0.15) is 17.7 Å². The summed E-state index contributed by atoms with van der Waals surface area (Å²) in [6.07, 6.45) is -0.170. The van der Waals surface area contributed by atoms with Gasteiger partial charge in [-0.2, -0.15) is 0 Å². The molecular formula is C13H19BrFNO. The molecule has 17 heavy (non-hydrogen) atoms. The van der Waals surface area contributed by atoms with Gasteiger partial charge >= 0.3 is 0 Å². The van der Waals surface area contributed by atoms with Crippen LogP contribution in [-0.4, -0.2) is 12.1 Å². The van der Waals surface area contributed by atoms with Gasteiger partial charge in [-0.3, -0.25) is 0 Å². The average molecular weight is 304 g/mol. The molecule has 1 aromatic rings. The van der Waals surface area contributed by atoms with Crippen molar-refractivity contribution < 1.29 is 9.13 Å². The van der Waals surface area contributed by atoms with E-state index in [-0.39, 0.29) is 23.4 Å². The van der Waals surface area contributed by atoms with E-state index >= 15 is 0 Å². The molecule has 2 N–H and O–H groups in total. The first-order chi connectivity index (χ1) is 7.70. The molecule has 4 heteroatoms. The average Bonchev–Trinajstić information content (AvgIpc) is 2.10. The summed E-state index contributed by atoms with van der Waals surface area (Å²) in [5.41, 5.74) is 5.81. The second-order valence-corrected chi connectivity index (χ2v) is 6.28. The molecule has 0 saturated carbocycles. The summed E-state index contributed by atoms with van der Waals surface area (Å²) < 4.78 is 19.7. The first-order valence-corrected chi connectivity index (χ1v) is 6.38. The highest BCUT2D eigenvalue weighted by Crippen LogP contribution is 2.28. The number of rotatable bonds is 3. The summed E-state index contributed by atoms with van der Waals surface area (Å²) in [5.74, 6) is 0.167. The quantitative estimate of drug-likeness (QED) is 0.923. The molecule has 0 fully saturated rings. The van der Waals surface area contributed by atoms with E-state index in [1.807, 2.05) is 6.92 Å². The zero-order chi connectivity index (χ0) is 13.2. The van der Waals surface area contributed by atoms with Gasteiger partial charge < -0.3 is 10.5 Å². The van der Waals surface area contributed by atoms with Crippen LogP contribution in [0.25, 0.3) is 0 Å². The lowest BCUT2D eigenvalue weighted by Gasteiger charge is -2.34. The van der Waals surface area contributed by atoms with Gasteiger partial charge in [-0.1, -0.05) is 36.7 Å². The van der Waals surface area contributed by atoms with Gasteiger partial charge in [0, 0.05) is 22.0 Å². The van der Waals surface area contributed by atoms with Gasteiger partial charge in [0.2, 0.25) is 0 Å². The van der Waals surface area contributed by atoms with Crippen molar-refractivity contribution >= 4 is 15.9 Å².